The predicted molar refractivity (Wildman–Crippen MR) is 327 cm³/mol. The van der Waals surface area contributed by atoms with Crippen LogP contribution in [0.5, 0.6) is 0 Å². The molecule has 7 nitrogen and oxygen atoms in total. The van der Waals surface area contributed by atoms with Crippen LogP contribution in [0.25, 0.3) is 0 Å². The van der Waals surface area contributed by atoms with Crippen molar-refractivity contribution in [2.45, 2.75) is 268 Å². The van der Waals surface area contributed by atoms with Crippen LogP contribution in [0, 0.1) is 71.3 Å². The number of terminal acetylenes is 2. The Morgan fingerprint density at radius 2 is 0.823 bits per heavy atom. The summed E-state index contributed by atoms with van der Waals surface area (Å²) < 4.78 is 153. The van der Waals surface area contributed by atoms with Crippen molar-refractivity contribution >= 4 is 72.2 Å². The van der Waals surface area contributed by atoms with E-state index in [1.165, 1.54) is 0 Å². The smallest absolute Gasteiger partial charge is 0.248 e. The highest BCUT2D eigenvalue weighted by molar-refractivity contribution is 7.86. The fourth-order valence-corrected chi connectivity index (χ4v) is 11.0. The normalized spacial score (nSPS) is 22.4. The van der Waals surface area contributed by atoms with E-state index in [9.17, 15) is 56.8 Å². The van der Waals surface area contributed by atoms with E-state index in [1.54, 1.807) is 6.21 Å². The van der Waals surface area contributed by atoms with Gasteiger partial charge < -0.3 is 4.79 Å². The molecular formula is C58H102F8N2O5S4Si2. The van der Waals surface area contributed by atoms with E-state index in [0.717, 1.165) is 6.29 Å². The lowest BCUT2D eigenvalue weighted by atomic mass is 9.79. The van der Waals surface area contributed by atoms with Crippen molar-refractivity contribution < 1.29 is 56.8 Å². The predicted octanol–water partition coefficient (Wildman–Crippen LogP) is 15.7. The summed E-state index contributed by atoms with van der Waals surface area (Å²) >= 11 is 0. The summed E-state index contributed by atoms with van der Waals surface area (Å²) in [4.78, 5) is 10.1. The summed E-state index contributed by atoms with van der Waals surface area (Å²) in [6, 6.07) is 0. The fraction of sp³-hybridized carbons (Fsp3) is 0.862. The highest BCUT2D eigenvalue weighted by Gasteiger charge is 2.40. The number of nitrogens with two attached hydrogens (primary N) is 1. The molecule has 2 N–H and O–H groups in total. The highest BCUT2D eigenvalue weighted by atomic mass is 32.2. The van der Waals surface area contributed by atoms with E-state index in [1.807, 2.05) is 83.1 Å². The van der Waals surface area contributed by atoms with Gasteiger partial charge in [-0.25, -0.2) is 43.5 Å². The van der Waals surface area contributed by atoms with Crippen LogP contribution >= 0.6 is 0 Å². The molecule has 4 aliphatic carbocycles. The van der Waals surface area contributed by atoms with Gasteiger partial charge in [-0.05, 0) is 152 Å². The van der Waals surface area contributed by atoms with Crippen LogP contribution in [0.1, 0.15) is 186 Å². The summed E-state index contributed by atoms with van der Waals surface area (Å²) in [6.45, 7) is 35.6. The molecule has 0 unspecified atom stereocenters. The second-order valence-corrected chi connectivity index (χ2v) is 45.3. The van der Waals surface area contributed by atoms with Crippen LogP contribution in [0.15, 0.2) is 4.40 Å². The van der Waals surface area contributed by atoms with Crippen molar-refractivity contribution in [1.82, 2.24) is 0 Å². The molecule has 0 amide bonds. The third-order valence-electron chi connectivity index (χ3n) is 13.2. The van der Waals surface area contributed by atoms with Crippen molar-refractivity contribution in [3.05, 3.63) is 0 Å². The molecule has 0 heterocycles. The van der Waals surface area contributed by atoms with Crippen molar-refractivity contribution in [3.63, 3.8) is 0 Å². The molecule has 21 heteroatoms. The standard InChI is InChI=1S/C17H30F2OSSi.C14H22F2OS.C11H19F2NOS.C7H10F2O.C5H10Si.C4H11NOS/c1-16(2,3)21(20)13-15(9-12-22(4,5)6)14-7-10-17(18,19)11-8-14;1-5-11(10-18(17)13(2,3)4)12-6-8-14(15,16)9-7-12;1-10(2,3)16(15)14-8-9-4-6-11(12,13)7-5-9;8-7(9)3-1-6(5-10)2-4-7;1-5-6(2,3)4;1-4(2,3)7(5)6/h14-15H,7-8,10-11,13H2,1-6H3;1,11-12H,6-10H2,2-4H3;8-9H,4-7H2,1-3H3;5-6H,1-4H2;1H,2-4H3;5H2,1-3H3/t15-,21+;11-,18+;16-;;;7-/m000..0/s1. The van der Waals surface area contributed by atoms with Gasteiger partial charge in [0.25, 0.3) is 0 Å². The zero-order valence-corrected chi connectivity index (χ0v) is 56.5. The van der Waals surface area contributed by atoms with Gasteiger partial charge in [0.15, 0.2) is 0 Å². The molecule has 4 fully saturated rings. The number of nitrogens with zero attached hydrogens (tertiary/aromatic N) is 1. The minimum Gasteiger partial charge on any atom is -0.303 e. The maximum atomic E-state index is 13.4. The second kappa shape index (κ2) is 33.8. The van der Waals surface area contributed by atoms with Gasteiger partial charge in [-0.2, -0.15) is 4.40 Å². The Hall–Kier alpha value is -1.55. The Labute approximate surface area is 486 Å². The molecule has 0 bridgehead atoms. The van der Waals surface area contributed by atoms with E-state index in [4.69, 9.17) is 18.0 Å². The van der Waals surface area contributed by atoms with Crippen LogP contribution < -0.4 is 5.14 Å². The Morgan fingerprint density at radius 1 is 0.532 bits per heavy atom. The quantitative estimate of drug-likeness (QED) is 0.0810. The second-order valence-electron chi connectivity index (χ2n) is 27.5. The average Bonchev–Trinajstić information content (AvgIpc) is 3.28. The number of carbonyl (C=O) groups is 1. The zero-order valence-electron chi connectivity index (χ0n) is 51.2. The maximum absolute atomic E-state index is 13.4. The summed E-state index contributed by atoms with van der Waals surface area (Å²) in [5.74, 6) is -3.06. The molecule has 4 saturated carbocycles. The molecule has 79 heavy (non-hydrogen) atoms. The van der Waals surface area contributed by atoms with Crippen molar-refractivity contribution in [1.29, 1.82) is 0 Å². The lowest BCUT2D eigenvalue weighted by Gasteiger charge is -2.32. The number of hydrogen-bond acceptors (Lipinski definition) is 5. The van der Waals surface area contributed by atoms with E-state index >= 15 is 0 Å². The van der Waals surface area contributed by atoms with Gasteiger partial charge in [0.1, 0.15) is 33.4 Å². The van der Waals surface area contributed by atoms with Gasteiger partial charge in [0, 0.05) is 118 Å². The molecule has 0 saturated heterocycles. The molecule has 0 radical (unpaired) electrons. The van der Waals surface area contributed by atoms with Crippen LogP contribution in [-0.2, 0) is 48.4 Å². The Balaban J connectivity index is 0. The topological polar surface area (TPSA) is 124 Å². The number of aldehydes is 1. The molecule has 4 rings (SSSR count). The molecular weight excluding hydrogens is 1140 g/mol. The monoisotopic (exact) mass is 1240 g/mol. The van der Waals surface area contributed by atoms with E-state index in [-0.39, 0.29) is 106 Å². The van der Waals surface area contributed by atoms with E-state index < -0.39 is 83.4 Å². The first kappa shape index (κ1) is 79.5. The van der Waals surface area contributed by atoms with E-state index in [2.05, 4.69) is 66.6 Å². The first-order valence-corrected chi connectivity index (χ1v) is 39.6. The van der Waals surface area contributed by atoms with E-state index in [0.29, 0.717) is 62.9 Å². The molecule has 0 aromatic rings. The maximum Gasteiger partial charge on any atom is 0.248 e. The van der Waals surface area contributed by atoms with Gasteiger partial charge in [-0.1, -0.05) is 39.3 Å². The number of halogens is 8. The van der Waals surface area contributed by atoms with Crippen LogP contribution in [-0.4, -0.2) is 99.7 Å². The number of alkyl halides is 8. The van der Waals surface area contributed by atoms with Gasteiger partial charge >= 0.3 is 0 Å². The molecule has 0 spiro atoms. The Kier molecular flexibility index (Phi) is 34.0. The molecule has 0 aromatic heterocycles. The van der Waals surface area contributed by atoms with Gasteiger partial charge in [0.05, 0.1) is 20.5 Å². The first-order chi connectivity index (χ1) is 35.3. The number of rotatable bonds is 9. The SMILES string of the molecule is C#C[C@@H](C[S@@](=O)C(C)(C)C)C1CCC(F)(F)CC1.C#C[Si](C)(C)C.CC(C)(C)[S@@](N)=O.CC(C)(C)[S@](=O)C[C@H](C#C[Si](C)(C)C)C1CCC(F)(F)CC1.CC(C)(C)[S@](=O)N=CC1CCC(F)(F)CC1.O=CC1CCC(F)(F)CC1. The van der Waals surface area contributed by atoms with Gasteiger partial charge in [-0.15, -0.1) is 35.8 Å². The highest BCUT2D eigenvalue weighted by Crippen LogP contribution is 2.42. The minimum absolute atomic E-state index is 0.0112. The minimum atomic E-state index is -2.53. The molecule has 462 valence electrons. The number of hydrogen-bond donors (Lipinski definition) is 1. The lowest BCUT2D eigenvalue weighted by Crippen LogP contribution is -2.34. The summed E-state index contributed by atoms with van der Waals surface area (Å²) in [5.41, 5.74) is 6.11. The van der Waals surface area contributed by atoms with Gasteiger partial charge in [-0.3, -0.25) is 13.6 Å². The van der Waals surface area contributed by atoms with Crippen molar-refractivity contribution in [3.8, 4) is 35.8 Å². The third kappa shape index (κ3) is 38.8. The molecule has 6 atom stereocenters. The molecule has 0 aliphatic heterocycles. The van der Waals surface area contributed by atoms with Gasteiger partial charge in [0.2, 0.25) is 23.7 Å². The largest absolute Gasteiger partial charge is 0.303 e. The summed E-state index contributed by atoms with van der Waals surface area (Å²) in [6.07, 6.45) is 15.8. The third-order valence-corrected chi connectivity index (χ3v) is 21.6. The lowest BCUT2D eigenvalue weighted by molar-refractivity contribution is -0.115. The summed E-state index contributed by atoms with van der Waals surface area (Å²) in [7, 11) is -7.09. The molecule has 0 aromatic carbocycles. The van der Waals surface area contributed by atoms with Crippen molar-refractivity contribution in [2.24, 2.45) is 45.0 Å². The Bertz CT molecular complexity index is 2090. The summed E-state index contributed by atoms with van der Waals surface area (Å²) in [5, 5.41) is 5.04. The van der Waals surface area contributed by atoms with Crippen LogP contribution in [0.3, 0.4) is 0 Å². The van der Waals surface area contributed by atoms with Crippen LogP contribution in [0.4, 0.5) is 35.1 Å². The Morgan fingerprint density at radius 3 is 1.08 bits per heavy atom. The zero-order chi connectivity index (χ0) is 62.5. The molecule has 4 aliphatic rings. The van der Waals surface area contributed by atoms with Crippen molar-refractivity contribution in [2.75, 3.05) is 11.5 Å². The average molecular weight is 1240 g/mol. The first-order valence-electron chi connectivity index (χ1n) is 27.6. The fourth-order valence-electron chi connectivity index (χ4n) is 7.39. The van der Waals surface area contributed by atoms with Crippen LogP contribution in [0.2, 0.25) is 39.3 Å². The number of carbonyl (C=O) groups excluding carboxylic acids is 1.